The van der Waals surface area contributed by atoms with Gasteiger partial charge in [-0.1, -0.05) is 0 Å². The molecule has 1 saturated heterocycles. The van der Waals surface area contributed by atoms with Crippen LogP contribution in [0.15, 0.2) is 30.6 Å². The van der Waals surface area contributed by atoms with Crippen LogP contribution in [-0.4, -0.2) is 59.1 Å². The summed E-state index contributed by atoms with van der Waals surface area (Å²) in [5.41, 5.74) is 1.80. The summed E-state index contributed by atoms with van der Waals surface area (Å²) in [4.78, 5) is 30.5. The number of thiophene rings is 1. The molecule has 4 rings (SSSR count). The van der Waals surface area contributed by atoms with Gasteiger partial charge in [0, 0.05) is 49.9 Å². The molecular formula is C19H21N5O2S. The first-order valence-corrected chi connectivity index (χ1v) is 9.69. The topological polar surface area (TPSA) is 71.5 Å². The number of fused-ring (bicyclic) bond motifs is 1. The number of ether oxygens (including phenoxy) is 1. The van der Waals surface area contributed by atoms with Gasteiger partial charge in [0.25, 0.3) is 0 Å². The predicted molar refractivity (Wildman–Crippen MR) is 106 cm³/mol. The van der Waals surface area contributed by atoms with E-state index in [1.807, 2.05) is 19.2 Å². The number of carbonyl (C=O) groups is 1. The highest BCUT2D eigenvalue weighted by Crippen LogP contribution is 2.34. The zero-order valence-electron chi connectivity index (χ0n) is 15.4. The van der Waals surface area contributed by atoms with E-state index in [1.54, 1.807) is 35.6 Å². The van der Waals surface area contributed by atoms with Crippen LogP contribution in [0.5, 0.6) is 0 Å². The Morgan fingerprint density at radius 2 is 2.15 bits per heavy atom. The van der Waals surface area contributed by atoms with Crippen LogP contribution in [0.4, 0.5) is 5.82 Å². The molecule has 1 aliphatic rings. The van der Waals surface area contributed by atoms with E-state index in [2.05, 4.69) is 16.0 Å². The molecule has 0 bridgehead atoms. The Morgan fingerprint density at radius 3 is 2.85 bits per heavy atom. The lowest BCUT2D eigenvalue weighted by molar-refractivity contribution is -0.128. The Labute approximate surface area is 161 Å². The second-order valence-electron chi connectivity index (χ2n) is 6.51. The van der Waals surface area contributed by atoms with E-state index in [1.165, 1.54) is 0 Å². The van der Waals surface area contributed by atoms with E-state index in [0.717, 1.165) is 39.6 Å². The van der Waals surface area contributed by atoms with E-state index in [-0.39, 0.29) is 5.91 Å². The highest BCUT2D eigenvalue weighted by molar-refractivity contribution is 7.19. The fourth-order valence-corrected chi connectivity index (χ4v) is 4.17. The highest BCUT2D eigenvalue weighted by atomic mass is 32.1. The van der Waals surface area contributed by atoms with E-state index in [4.69, 9.17) is 14.7 Å². The van der Waals surface area contributed by atoms with Crippen LogP contribution in [0, 0.1) is 0 Å². The molecule has 0 spiro atoms. The minimum absolute atomic E-state index is 0.0444. The van der Waals surface area contributed by atoms with Crippen molar-refractivity contribution in [2.24, 2.45) is 0 Å². The van der Waals surface area contributed by atoms with Crippen molar-refractivity contribution >= 4 is 33.3 Å². The molecule has 8 heteroatoms. The molecule has 7 nitrogen and oxygen atoms in total. The first-order valence-electron chi connectivity index (χ1n) is 8.87. The minimum Gasteiger partial charge on any atom is -0.378 e. The summed E-state index contributed by atoms with van der Waals surface area (Å²) in [7, 11) is 1.81. The van der Waals surface area contributed by atoms with Crippen molar-refractivity contribution in [3.05, 3.63) is 35.5 Å². The van der Waals surface area contributed by atoms with Crippen molar-refractivity contribution in [2.75, 3.05) is 38.3 Å². The van der Waals surface area contributed by atoms with Crippen molar-refractivity contribution in [2.45, 2.75) is 13.5 Å². The third-order valence-corrected chi connectivity index (χ3v) is 5.67. The average Bonchev–Trinajstić information content (AvgIpc) is 3.10. The van der Waals surface area contributed by atoms with Crippen LogP contribution in [0.25, 0.3) is 21.6 Å². The maximum absolute atomic E-state index is 11.6. The molecule has 4 heterocycles. The minimum atomic E-state index is 0.0444. The summed E-state index contributed by atoms with van der Waals surface area (Å²) < 4.78 is 6.55. The van der Waals surface area contributed by atoms with Crippen LogP contribution < -0.4 is 4.90 Å². The van der Waals surface area contributed by atoms with E-state index in [9.17, 15) is 4.79 Å². The van der Waals surface area contributed by atoms with Gasteiger partial charge in [0.15, 0.2) is 11.6 Å². The molecule has 3 aromatic heterocycles. The summed E-state index contributed by atoms with van der Waals surface area (Å²) in [6, 6.07) is 5.91. The maximum atomic E-state index is 11.6. The van der Waals surface area contributed by atoms with Crippen LogP contribution in [0.1, 0.15) is 11.8 Å². The second-order valence-corrected chi connectivity index (χ2v) is 7.65. The molecule has 1 fully saturated rings. The summed E-state index contributed by atoms with van der Waals surface area (Å²) in [5, 5.41) is 0. The fourth-order valence-electron chi connectivity index (χ4n) is 3.00. The van der Waals surface area contributed by atoms with Gasteiger partial charge < -0.3 is 14.5 Å². The number of hydrogen-bond donors (Lipinski definition) is 0. The number of pyridine rings is 1. The number of aromatic nitrogens is 3. The Kier molecular flexibility index (Phi) is 5.00. The molecule has 1 amide bonds. The van der Waals surface area contributed by atoms with E-state index < -0.39 is 0 Å². The molecule has 140 valence electrons. The Balaban J connectivity index is 1.80. The van der Waals surface area contributed by atoms with Crippen LogP contribution in [0.2, 0.25) is 0 Å². The van der Waals surface area contributed by atoms with Crippen molar-refractivity contribution in [1.82, 2.24) is 19.9 Å². The molecule has 3 aromatic rings. The summed E-state index contributed by atoms with van der Waals surface area (Å²) >= 11 is 1.65. The quantitative estimate of drug-likeness (QED) is 0.690. The van der Waals surface area contributed by atoms with Gasteiger partial charge in [-0.15, -0.1) is 11.3 Å². The lowest BCUT2D eigenvalue weighted by atomic mass is 10.2. The third-order valence-electron chi connectivity index (χ3n) is 4.57. The van der Waals surface area contributed by atoms with Gasteiger partial charge >= 0.3 is 0 Å². The van der Waals surface area contributed by atoms with Crippen LogP contribution >= 0.6 is 11.3 Å². The van der Waals surface area contributed by atoms with Crippen molar-refractivity contribution in [3.8, 4) is 11.4 Å². The molecular weight excluding hydrogens is 362 g/mol. The molecule has 0 aliphatic carbocycles. The number of amides is 1. The van der Waals surface area contributed by atoms with Gasteiger partial charge in [0.05, 0.1) is 30.0 Å². The summed E-state index contributed by atoms with van der Waals surface area (Å²) in [6.45, 7) is 5.14. The van der Waals surface area contributed by atoms with Crippen molar-refractivity contribution in [1.29, 1.82) is 0 Å². The number of hydrogen-bond acceptors (Lipinski definition) is 7. The summed E-state index contributed by atoms with van der Waals surface area (Å²) in [6.07, 6.45) is 3.52. The van der Waals surface area contributed by atoms with Gasteiger partial charge in [0.2, 0.25) is 5.91 Å². The fraction of sp³-hybridized carbons (Fsp3) is 0.368. The highest BCUT2D eigenvalue weighted by Gasteiger charge is 2.20. The largest absolute Gasteiger partial charge is 0.378 e. The number of anilines is 1. The van der Waals surface area contributed by atoms with Gasteiger partial charge in [-0.25, -0.2) is 9.97 Å². The second kappa shape index (κ2) is 7.58. The predicted octanol–water partition coefficient (Wildman–Crippen LogP) is 2.57. The number of nitrogens with zero attached hydrogens (tertiary/aromatic N) is 5. The Hall–Kier alpha value is -2.58. The molecule has 0 atom stereocenters. The molecule has 0 N–H and O–H groups in total. The van der Waals surface area contributed by atoms with Gasteiger partial charge in [-0.3, -0.25) is 9.78 Å². The van der Waals surface area contributed by atoms with E-state index in [0.29, 0.717) is 25.6 Å². The van der Waals surface area contributed by atoms with E-state index >= 15 is 0 Å². The monoisotopic (exact) mass is 383 g/mol. The lowest BCUT2D eigenvalue weighted by Crippen LogP contribution is -2.36. The zero-order valence-corrected chi connectivity index (χ0v) is 16.2. The van der Waals surface area contributed by atoms with Crippen molar-refractivity contribution < 1.29 is 9.53 Å². The van der Waals surface area contributed by atoms with Gasteiger partial charge in [-0.05, 0) is 18.2 Å². The van der Waals surface area contributed by atoms with Gasteiger partial charge in [0.1, 0.15) is 0 Å². The lowest BCUT2D eigenvalue weighted by Gasteiger charge is -2.28. The average molecular weight is 383 g/mol. The van der Waals surface area contributed by atoms with Gasteiger partial charge in [-0.2, -0.15) is 0 Å². The molecule has 0 unspecified atom stereocenters. The Morgan fingerprint density at radius 1 is 1.33 bits per heavy atom. The first-order chi connectivity index (χ1) is 13.1. The third kappa shape index (κ3) is 3.77. The SMILES string of the molecule is CC(=O)N(C)Cc1cc2nc(-c3cccnc3)nc(N3CCOCC3)c2s1. The number of morpholine rings is 1. The van der Waals surface area contributed by atoms with Crippen molar-refractivity contribution in [3.63, 3.8) is 0 Å². The standard InChI is InChI=1S/C19H21N5O2S/c1-13(25)23(2)12-15-10-16-17(27-15)19(24-6-8-26-9-7-24)22-18(21-16)14-4-3-5-20-11-14/h3-5,10-11H,6-9,12H2,1-2H3. The zero-order chi connectivity index (χ0) is 18.8. The maximum Gasteiger partial charge on any atom is 0.219 e. The molecule has 1 aliphatic heterocycles. The molecule has 27 heavy (non-hydrogen) atoms. The Bertz CT molecular complexity index is 953. The molecule has 0 aromatic carbocycles. The summed E-state index contributed by atoms with van der Waals surface area (Å²) in [5.74, 6) is 1.65. The number of carbonyl (C=O) groups excluding carboxylic acids is 1. The number of rotatable bonds is 4. The first kappa shape index (κ1) is 17.8. The van der Waals surface area contributed by atoms with Crippen LogP contribution in [0.3, 0.4) is 0 Å². The molecule has 0 saturated carbocycles. The normalized spacial score (nSPS) is 14.5. The molecule has 0 radical (unpaired) electrons. The van der Waals surface area contributed by atoms with Crippen LogP contribution in [-0.2, 0) is 16.1 Å². The smallest absolute Gasteiger partial charge is 0.219 e.